The smallest absolute Gasteiger partial charge is 0.246 e. The normalized spacial score (nSPS) is 24.3. The lowest BCUT2D eigenvalue weighted by molar-refractivity contribution is 0.204. The highest BCUT2D eigenvalue weighted by atomic mass is 32.2. The van der Waals surface area contributed by atoms with E-state index in [1.165, 1.54) is 0 Å². The Kier molecular flexibility index (Phi) is 4.98. The molecule has 0 bridgehead atoms. The third kappa shape index (κ3) is 3.48. The van der Waals surface area contributed by atoms with Gasteiger partial charge in [0.1, 0.15) is 4.90 Å². The maximum Gasteiger partial charge on any atom is 0.246 e. The van der Waals surface area contributed by atoms with Crippen molar-refractivity contribution in [1.82, 2.24) is 14.1 Å². The lowest BCUT2D eigenvalue weighted by Gasteiger charge is -2.37. The van der Waals surface area contributed by atoms with Crippen LogP contribution < -0.4 is 0 Å². The van der Waals surface area contributed by atoms with Crippen molar-refractivity contribution in [2.45, 2.75) is 96.2 Å². The van der Waals surface area contributed by atoms with Crippen molar-refractivity contribution in [1.29, 1.82) is 0 Å². The fourth-order valence-electron chi connectivity index (χ4n) is 3.33. The van der Waals surface area contributed by atoms with Gasteiger partial charge in [-0.1, -0.05) is 27.2 Å². The van der Waals surface area contributed by atoms with Crippen LogP contribution in [0.2, 0.25) is 0 Å². The van der Waals surface area contributed by atoms with E-state index in [1.54, 1.807) is 15.2 Å². The maximum atomic E-state index is 13.4. The number of sulfonamides is 1. The average molecular weight is 342 g/mol. The van der Waals surface area contributed by atoms with E-state index in [2.05, 4.69) is 5.10 Å². The molecule has 5 nitrogen and oxygen atoms in total. The van der Waals surface area contributed by atoms with Crippen molar-refractivity contribution < 1.29 is 8.42 Å². The van der Waals surface area contributed by atoms with Crippen LogP contribution in [0.1, 0.15) is 79.5 Å². The largest absolute Gasteiger partial charge is 0.269 e. The first-order valence-electron chi connectivity index (χ1n) is 8.59. The number of hydrogen-bond donors (Lipinski definition) is 0. The first kappa shape index (κ1) is 18.5. The van der Waals surface area contributed by atoms with Gasteiger partial charge in [0, 0.05) is 29.7 Å². The van der Waals surface area contributed by atoms with Crippen LogP contribution >= 0.6 is 0 Å². The fourth-order valence-corrected chi connectivity index (χ4v) is 5.55. The van der Waals surface area contributed by atoms with Gasteiger partial charge < -0.3 is 0 Å². The zero-order valence-electron chi connectivity index (χ0n) is 15.5. The highest BCUT2D eigenvalue weighted by Crippen LogP contribution is 2.35. The third-order valence-electron chi connectivity index (χ3n) is 4.61. The van der Waals surface area contributed by atoms with E-state index in [4.69, 9.17) is 0 Å². The Morgan fingerprint density at radius 2 is 1.70 bits per heavy atom. The molecule has 6 heteroatoms. The second-order valence-electron chi connectivity index (χ2n) is 8.13. The number of piperidine rings is 1. The summed E-state index contributed by atoms with van der Waals surface area (Å²) in [6.45, 7) is 14.1. The first-order valence-corrected chi connectivity index (χ1v) is 10.0. The van der Waals surface area contributed by atoms with Crippen molar-refractivity contribution in [2.75, 3.05) is 0 Å². The third-order valence-corrected chi connectivity index (χ3v) is 6.74. The Hall–Kier alpha value is -0.880. The Morgan fingerprint density at radius 1 is 1.17 bits per heavy atom. The summed E-state index contributed by atoms with van der Waals surface area (Å²) < 4.78 is 30.2. The average Bonchev–Trinajstić information content (AvgIpc) is 2.83. The zero-order chi connectivity index (χ0) is 17.6. The molecule has 1 fully saturated rings. The summed E-state index contributed by atoms with van der Waals surface area (Å²) in [6.07, 6.45) is 4.65. The fraction of sp³-hybridized carbons (Fsp3) is 0.824. The topological polar surface area (TPSA) is 55.2 Å². The van der Waals surface area contributed by atoms with E-state index >= 15 is 0 Å². The minimum Gasteiger partial charge on any atom is -0.269 e. The number of nitrogens with zero attached hydrogens (tertiary/aromatic N) is 3. The first-order chi connectivity index (χ1) is 10.5. The van der Waals surface area contributed by atoms with Crippen molar-refractivity contribution >= 4 is 10.0 Å². The minimum absolute atomic E-state index is 0.0407. The molecule has 1 aliphatic rings. The molecule has 2 rings (SSSR count). The van der Waals surface area contributed by atoms with E-state index in [-0.39, 0.29) is 23.5 Å². The van der Waals surface area contributed by atoms with Crippen molar-refractivity contribution in [2.24, 2.45) is 0 Å². The predicted molar refractivity (Wildman–Crippen MR) is 93.1 cm³/mol. The van der Waals surface area contributed by atoms with Gasteiger partial charge in [-0.25, -0.2) is 8.42 Å². The quantitative estimate of drug-likeness (QED) is 0.842. The molecule has 1 aromatic rings. The second kappa shape index (κ2) is 6.20. The molecule has 2 atom stereocenters. The number of hydrogen-bond acceptors (Lipinski definition) is 3. The lowest BCUT2D eigenvalue weighted by atomic mass is 9.92. The van der Waals surface area contributed by atoms with Crippen LogP contribution in [0.25, 0.3) is 0 Å². The molecule has 1 aromatic heterocycles. The van der Waals surface area contributed by atoms with Crippen LogP contribution in [0.4, 0.5) is 0 Å². The van der Waals surface area contributed by atoms with Crippen LogP contribution in [0.15, 0.2) is 11.1 Å². The van der Waals surface area contributed by atoms with E-state index in [0.717, 1.165) is 19.3 Å². The molecule has 2 heterocycles. The molecule has 132 valence electrons. The van der Waals surface area contributed by atoms with Gasteiger partial charge in [-0.05, 0) is 40.5 Å². The maximum absolute atomic E-state index is 13.4. The van der Waals surface area contributed by atoms with Crippen LogP contribution in [-0.2, 0) is 15.4 Å². The summed E-state index contributed by atoms with van der Waals surface area (Å²) in [5.41, 5.74) is 0.348. The molecular weight excluding hydrogens is 310 g/mol. The zero-order valence-corrected chi connectivity index (χ0v) is 16.3. The number of aromatic nitrogens is 2. The number of rotatable bonds is 3. The molecular formula is C17H31N3O2S. The predicted octanol–water partition coefficient (Wildman–Crippen LogP) is 3.71. The molecule has 1 aliphatic heterocycles. The van der Waals surface area contributed by atoms with Crippen molar-refractivity contribution in [3.8, 4) is 0 Å². The Morgan fingerprint density at radius 3 is 2.13 bits per heavy atom. The van der Waals surface area contributed by atoms with Gasteiger partial charge in [-0.3, -0.25) is 4.68 Å². The minimum atomic E-state index is -3.54. The van der Waals surface area contributed by atoms with E-state index in [1.807, 2.05) is 48.5 Å². The van der Waals surface area contributed by atoms with Crippen LogP contribution in [-0.4, -0.2) is 34.6 Å². The monoisotopic (exact) mass is 341 g/mol. The van der Waals surface area contributed by atoms with Gasteiger partial charge in [0.05, 0.1) is 5.69 Å². The molecule has 0 aromatic carbocycles. The van der Waals surface area contributed by atoms with Gasteiger partial charge in [0.2, 0.25) is 10.0 Å². The molecule has 0 N–H and O–H groups in total. The molecule has 2 unspecified atom stereocenters. The standard InChI is InChI=1S/C17H31N3O2S/c1-12(2)19-11-15(16(18-19)17(5,6)7)23(21,22)20-13(3)9-8-10-14(20)4/h11-14H,8-10H2,1-7H3. The van der Waals surface area contributed by atoms with Gasteiger partial charge in [-0.2, -0.15) is 9.40 Å². The SMILES string of the molecule is CC1CCCC(C)N1S(=O)(=O)c1cn(C(C)C)nc1C(C)(C)C. The second-order valence-corrected chi connectivity index (χ2v) is 9.94. The molecule has 23 heavy (non-hydrogen) atoms. The summed E-state index contributed by atoms with van der Waals surface area (Å²) in [7, 11) is -3.54. The Bertz CT molecular complexity index is 646. The van der Waals surface area contributed by atoms with Crippen LogP contribution in [0.3, 0.4) is 0 Å². The van der Waals surface area contributed by atoms with Crippen LogP contribution in [0, 0.1) is 0 Å². The summed E-state index contributed by atoms with van der Waals surface area (Å²) >= 11 is 0. The van der Waals surface area contributed by atoms with Gasteiger partial charge in [-0.15, -0.1) is 0 Å². The van der Waals surface area contributed by atoms with E-state index < -0.39 is 10.0 Å². The highest BCUT2D eigenvalue weighted by Gasteiger charge is 2.40. The lowest BCUT2D eigenvalue weighted by Crippen LogP contribution is -2.47. The molecule has 0 aliphatic carbocycles. The molecule has 1 saturated heterocycles. The van der Waals surface area contributed by atoms with Crippen LogP contribution in [0.5, 0.6) is 0 Å². The van der Waals surface area contributed by atoms with E-state index in [0.29, 0.717) is 10.6 Å². The highest BCUT2D eigenvalue weighted by molar-refractivity contribution is 7.89. The summed E-state index contributed by atoms with van der Waals surface area (Å²) in [5.74, 6) is 0. The van der Waals surface area contributed by atoms with Crippen molar-refractivity contribution in [3.63, 3.8) is 0 Å². The van der Waals surface area contributed by atoms with Gasteiger partial charge in [0.15, 0.2) is 0 Å². The Balaban J connectivity index is 2.59. The van der Waals surface area contributed by atoms with Crippen molar-refractivity contribution in [3.05, 3.63) is 11.9 Å². The molecule has 0 amide bonds. The summed E-state index contributed by atoms with van der Waals surface area (Å²) in [4.78, 5) is 0.374. The molecule has 0 radical (unpaired) electrons. The molecule has 0 saturated carbocycles. The van der Waals surface area contributed by atoms with Gasteiger partial charge >= 0.3 is 0 Å². The Labute approximate surface area is 141 Å². The summed E-state index contributed by atoms with van der Waals surface area (Å²) in [6, 6.07) is 0.217. The summed E-state index contributed by atoms with van der Waals surface area (Å²) in [5, 5.41) is 4.60. The van der Waals surface area contributed by atoms with E-state index in [9.17, 15) is 8.42 Å². The molecule has 0 spiro atoms. The van der Waals surface area contributed by atoms with Gasteiger partial charge in [0.25, 0.3) is 0 Å².